The monoisotopic (exact) mass is 221 g/mol. The lowest BCUT2D eigenvalue weighted by Crippen LogP contribution is -2.08. The number of allylic oxidation sites excluding steroid dienone is 1. The van der Waals surface area contributed by atoms with Gasteiger partial charge in [0.15, 0.2) is 0 Å². The van der Waals surface area contributed by atoms with Crippen molar-refractivity contribution in [1.29, 1.82) is 0 Å². The highest BCUT2D eigenvalue weighted by Crippen LogP contribution is 2.21. The molecule has 0 saturated heterocycles. The molecular formula is C11H11NO4. The third kappa shape index (κ3) is 2.84. The van der Waals surface area contributed by atoms with Crippen molar-refractivity contribution in [2.24, 2.45) is 0 Å². The minimum Gasteiger partial charge on any atom is -0.507 e. The second kappa shape index (κ2) is 4.97. The molecule has 3 N–H and O–H groups in total. The van der Waals surface area contributed by atoms with E-state index >= 15 is 0 Å². The number of aromatic hydroxyl groups is 1. The van der Waals surface area contributed by atoms with Crippen molar-refractivity contribution in [3.05, 3.63) is 35.9 Å². The number of anilines is 1. The molecule has 0 spiro atoms. The van der Waals surface area contributed by atoms with Gasteiger partial charge < -0.3 is 15.5 Å². The van der Waals surface area contributed by atoms with Gasteiger partial charge in [-0.25, -0.2) is 4.79 Å². The number of aromatic carboxylic acids is 1. The molecule has 0 saturated carbocycles. The minimum absolute atomic E-state index is 0.252. The Morgan fingerprint density at radius 1 is 1.38 bits per heavy atom. The van der Waals surface area contributed by atoms with Crippen molar-refractivity contribution >= 4 is 17.6 Å². The van der Waals surface area contributed by atoms with Gasteiger partial charge in [-0.05, 0) is 31.2 Å². The average Bonchev–Trinajstić information content (AvgIpc) is 2.21. The molecule has 0 atom stereocenters. The molecule has 0 heterocycles. The summed E-state index contributed by atoms with van der Waals surface area (Å²) in [6.45, 7) is 1.69. The lowest BCUT2D eigenvalue weighted by atomic mass is 10.2. The molecular weight excluding hydrogens is 210 g/mol. The van der Waals surface area contributed by atoms with Crippen LogP contribution in [0.5, 0.6) is 5.75 Å². The Labute approximate surface area is 92.0 Å². The second-order valence-electron chi connectivity index (χ2n) is 3.03. The molecule has 1 rings (SSSR count). The quantitative estimate of drug-likeness (QED) is 0.534. The van der Waals surface area contributed by atoms with Gasteiger partial charge in [0.05, 0.1) is 0 Å². The normalized spacial score (nSPS) is 10.3. The first-order valence-electron chi connectivity index (χ1n) is 4.54. The highest BCUT2D eigenvalue weighted by atomic mass is 16.4. The average molecular weight is 221 g/mol. The summed E-state index contributed by atoms with van der Waals surface area (Å²) >= 11 is 0. The number of hydrogen-bond donors (Lipinski definition) is 3. The molecule has 0 unspecified atom stereocenters. The molecule has 0 aliphatic rings. The van der Waals surface area contributed by atoms with Crippen LogP contribution in [-0.2, 0) is 4.79 Å². The first-order chi connectivity index (χ1) is 7.54. The van der Waals surface area contributed by atoms with E-state index in [1.807, 2.05) is 0 Å². The number of carbonyl (C=O) groups excluding carboxylic acids is 1. The number of carboxylic acids is 1. The van der Waals surface area contributed by atoms with Crippen molar-refractivity contribution in [3.8, 4) is 5.75 Å². The largest absolute Gasteiger partial charge is 0.507 e. The summed E-state index contributed by atoms with van der Waals surface area (Å²) in [6.07, 6.45) is 2.88. The van der Waals surface area contributed by atoms with E-state index in [0.29, 0.717) is 5.69 Å². The predicted octanol–water partition coefficient (Wildman–Crippen LogP) is 1.60. The van der Waals surface area contributed by atoms with Crippen LogP contribution in [0.4, 0.5) is 5.69 Å². The number of phenols is 1. The molecule has 0 bridgehead atoms. The van der Waals surface area contributed by atoms with Crippen molar-refractivity contribution in [2.75, 3.05) is 5.32 Å². The summed E-state index contributed by atoms with van der Waals surface area (Å²) < 4.78 is 0. The number of carboxylic acid groups (broad SMARTS) is 1. The first kappa shape index (κ1) is 11.8. The summed E-state index contributed by atoms with van der Waals surface area (Å²) in [5.41, 5.74) is 0.0663. The topological polar surface area (TPSA) is 86.6 Å². The van der Waals surface area contributed by atoms with Crippen LogP contribution in [0.2, 0.25) is 0 Å². The van der Waals surface area contributed by atoms with E-state index in [0.717, 1.165) is 0 Å². The number of rotatable bonds is 3. The molecule has 1 aromatic rings. The summed E-state index contributed by atoms with van der Waals surface area (Å²) in [7, 11) is 0. The number of carbonyl (C=O) groups is 2. The van der Waals surface area contributed by atoms with Gasteiger partial charge in [-0.15, -0.1) is 0 Å². The number of amides is 1. The minimum atomic E-state index is -1.25. The van der Waals surface area contributed by atoms with E-state index in [-0.39, 0.29) is 17.2 Å². The zero-order valence-electron chi connectivity index (χ0n) is 8.60. The molecule has 1 aromatic carbocycles. The van der Waals surface area contributed by atoms with Gasteiger partial charge in [-0.3, -0.25) is 4.79 Å². The molecule has 0 aromatic heterocycles. The van der Waals surface area contributed by atoms with Gasteiger partial charge in [0, 0.05) is 5.69 Å². The molecule has 0 fully saturated rings. The van der Waals surface area contributed by atoms with E-state index in [1.165, 1.54) is 24.3 Å². The maximum absolute atomic E-state index is 11.2. The zero-order valence-corrected chi connectivity index (χ0v) is 8.60. The summed E-state index contributed by atoms with van der Waals surface area (Å²) in [6, 6.07) is 3.83. The fourth-order valence-electron chi connectivity index (χ4n) is 1.12. The maximum atomic E-state index is 11.2. The van der Waals surface area contributed by atoms with Crippen LogP contribution in [-0.4, -0.2) is 22.1 Å². The summed E-state index contributed by atoms with van der Waals surface area (Å²) in [5, 5.41) is 20.4. The Balaban J connectivity index is 2.95. The third-order valence-electron chi connectivity index (χ3n) is 1.81. The van der Waals surface area contributed by atoms with E-state index in [1.54, 1.807) is 13.0 Å². The zero-order chi connectivity index (χ0) is 12.1. The Kier molecular flexibility index (Phi) is 3.66. The Morgan fingerprint density at radius 3 is 2.62 bits per heavy atom. The van der Waals surface area contributed by atoms with Gasteiger partial charge >= 0.3 is 5.97 Å². The number of hydrogen-bond acceptors (Lipinski definition) is 3. The second-order valence-corrected chi connectivity index (χ2v) is 3.03. The lowest BCUT2D eigenvalue weighted by Gasteiger charge is -2.04. The van der Waals surface area contributed by atoms with Gasteiger partial charge in [0.2, 0.25) is 5.91 Å². The Hall–Kier alpha value is -2.30. The molecule has 84 valence electrons. The van der Waals surface area contributed by atoms with Gasteiger partial charge in [-0.1, -0.05) is 6.08 Å². The molecule has 0 aliphatic heterocycles. The van der Waals surface area contributed by atoms with Crippen molar-refractivity contribution in [3.63, 3.8) is 0 Å². The van der Waals surface area contributed by atoms with Crippen LogP contribution in [0.25, 0.3) is 0 Å². The van der Waals surface area contributed by atoms with E-state index in [4.69, 9.17) is 5.11 Å². The molecule has 5 heteroatoms. The smallest absolute Gasteiger partial charge is 0.339 e. The van der Waals surface area contributed by atoms with Crippen LogP contribution in [0.15, 0.2) is 30.4 Å². The van der Waals surface area contributed by atoms with Crippen molar-refractivity contribution < 1.29 is 19.8 Å². The molecule has 5 nitrogen and oxygen atoms in total. The highest BCUT2D eigenvalue weighted by Gasteiger charge is 2.10. The van der Waals surface area contributed by atoms with Crippen LogP contribution >= 0.6 is 0 Å². The summed E-state index contributed by atoms with van der Waals surface area (Å²) in [4.78, 5) is 21.9. The lowest BCUT2D eigenvalue weighted by molar-refractivity contribution is -0.111. The molecule has 0 radical (unpaired) electrons. The van der Waals surface area contributed by atoms with Crippen LogP contribution in [0.1, 0.15) is 17.3 Å². The SMILES string of the molecule is C/C=C/C(=O)Nc1ccc(O)c(C(=O)O)c1. The van der Waals surface area contributed by atoms with Crippen LogP contribution in [0.3, 0.4) is 0 Å². The van der Waals surface area contributed by atoms with Crippen molar-refractivity contribution in [1.82, 2.24) is 0 Å². The van der Waals surface area contributed by atoms with E-state index in [2.05, 4.69) is 5.32 Å². The van der Waals surface area contributed by atoms with Crippen molar-refractivity contribution in [2.45, 2.75) is 6.92 Å². The van der Waals surface area contributed by atoms with Crippen LogP contribution < -0.4 is 5.32 Å². The van der Waals surface area contributed by atoms with E-state index in [9.17, 15) is 14.7 Å². The standard InChI is InChI=1S/C11H11NO4/c1-2-3-10(14)12-7-4-5-9(13)8(6-7)11(15)16/h2-6,13H,1H3,(H,12,14)(H,15,16)/b3-2+. The number of nitrogens with one attached hydrogen (secondary N) is 1. The molecule has 0 aliphatic carbocycles. The van der Waals surface area contributed by atoms with Gasteiger partial charge in [0.1, 0.15) is 11.3 Å². The summed E-state index contributed by atoms with van der Waals surface area (Å²) in [5.74, 6) is -1.94. The fraction of sp³-hybridized carbons (Fsp3) is 0.0909. The Bertz CT molecular complexity index is 451. The Morgan fingerprint density at radius 2 is 2.06 bits per heavy atom. The maximum Gasteiger partial charge on any atom is 0.339 e. The predicted molar refractivity (Wildman–Crippen MR) is 58.5 cm³/mol. The third-order valence-corrected chi connectivity index (χ3v) is 1.81. The van der Waals surface area contributed by atoms with E-state index < -0.39 is 5.97 Å². The van der Waals surface area contributed by atoms with Crippen LogP contribution in [0, 0.1) is 0 Å². The van der Waals surface area contributed by atoms with Gasteiger partial charge in [-0.2, -0.15) is 0 Å². The van der Waals surface area contributed by atoms with Gasteiger partial charge in [0.25, 0.3) is 0 Å². The fourth-order valence-corrected chi connectivity index (χ4v) is 1.12. The number of benzene rings is 1. The molecule has 16 heavy (non-hydrogen) atoms. The first-order valence-corrected chi connectivity index (χ1v) is 4.54. The highest BCUT2D eigenvalue weighted by molar-refractivity contribution is 6.00. The molecule has 1 amide bonds.